The van der Waals surface area contributed by atoms with Crippen molar-refractivity contribution in [1.82, 2.24) is 9.97 Å². The van der Waals surface area contributed by atoms with E-state index in [9.17, 15) is 9.18 Å². The third-order valence-corrected chi connectivity index (χ3v) is 2.52. The zero-order valence-electron chi connectivity index (χ0n) is 11.6. The third kappa shape index (κ3) is 4.13. The average Bonchev–Trinajstić information content (AvgIpc) is 2.48. The molecule has 110 valence electrons. The zero-order chi connectivity index (χ0) is 15.2. The largest absolute Gasteiger partial charge is 0.497 e. The van der Waals surface area contributed by atoms with Gasteiger partial charge in [0.25, 0.3) is 0 Å². The van der Waals surface area contributed by atoms with Crippen LogP contribution in [0.25, 0.3) is 0 Å². The summed E-state index contributed by atoms with van der Waals surface area (Å²) >= 11 is 0. The van der Waals surface area contributed by atoms with E-state index < -0.39 is 11.7 Å². The molecule has 1 heterocycles. The van der Waals surface area contributed by atoms with Crippen LogP contribution in [0, 0.1) is 5.82 Å². The first-order chi connectivity index (χ1) is 10.1. The van der Waals surface area contributed by atoms with Crippen molar-refractivity contribution in [2.75, 3.05) is 12.4 Å². The number of nitrogens with zero attached hydrogens (tertiary/aromatic N) is 2. The van der Waals surface area contributed by atoms with Crippen LogP contribution in [0.1, 0.15) is 12.5 Å². The maximum Gasteiger partial charge on any atom is 0.318 e. The first-order valence-electron chi connectivity index (χ1n) is 6.14. The van der Waals surface area contributed by atoms with E-state index in [1.54, 1.807) is 13.2 Å². The van der Waals surface area contributed by atoms with Crippen molar-refractivity contribution in [2.45, 2.75) is 13.5 Å². The maximum absolute atomic E-state index is 13.4. The molecule has 0 fully saturated rings. The molecule has 0 aliphatic heterocycles. The molecule has 6 nitrogen and oxygen atoms in total. The Bertz CT molecular complexity index is 649. The van der Waals surface area contributed by atoms with E-state index in [1.165, 1.54) is 6.92 Å². The molecule has 1 amide bonds. The predicted molar refractivity (Wildman–Crippen MR) is 73.6 cm³/mol. The molecule has 1 aromatic heterocycles. The first-order valence-corrected chi connectivity index (χ1v) is 6.14. The Hall–Kier alpha value is -2.70. The molecule has 7 heteroatoms. The molecule has 0 bridgehead atoms. The molecule has 0 saturated heterocycles. The average molecular weight is 291 g/mol. The number of anilines is 1. The van der Waals surface area contributed by atoms with Gasteiger partial charge in [0.2, 0.25) is 5.91 Å². The minimum Gasteiger partial charge on any atom is -0.497 e. The molecular weight excluding hydrogens is 277 g/mol. The first kappa shape index (κ1) is 14.7. The summed E-state index contributed by atoms with van der Waals surface area (Å²) in [5.41, 5.74) is 0.850. The van der Waals surface area contributed by atoms with E-state index in [0.29, 0.717) is 5.75 Å². The second-order valence-corrected chi connectivity index (χ2v) is 4.17. The fourth-order valence-electron chi connectivity index (χ4n) is 1.59. The summed E-state index contributed by atoms with van der Waals surface area (Å²) in [4.78, 5) is 18.4. The fourth-order valence-corrected chi connectivity index (χ4v) is 1.59. The van der Waals surface area contributed by atoms with Gasteiger partial charge in [-0.1, -0.05) is 12.1 Å². The fraction of sp³-hybridized carbons (Fsp3) is 0.214. The predicted octanol–water partition coefficient (Wildman–Crippen LogP) is 2.16. The van der Waals surface area contributed by atoms with E-state index in [4.69, 9.17) is 9.47 Å². The highest BCUT2D eigenvalue weighted by Gasteiger charge is 2.09. The lowest BCUT2D eigenvalue weighted by Gasteiger charge is -2.08. The van der Waals surface area contributed by atoms with E-state index in [2.05, 4.69) is 15.3 Å². The van der Waals surface area contributed by atoms with Crippen molar-refractivity contribution in [1.29, 1.82) is 0 Å². The SMILES string of the molecule is COc1cccc(COc2ncc(F)c(NC(C)=O)n2)c1. The number of hydrogen-bond donors (Lipinski definition) is 1. The van der Waals surface area contributed by atoms with E-state index in [0.717, 1.165) is 11.8 Å². The normalized spacial score (nSPS) is 10.0. The molecule has 0 aliphatic carbocycles. The monoisotopic (exact) mass is 291 g/mol. The Balaban J connectivity index is 2.07. The molecule has 21 heavy (non-hydrogen) atoms. The number of amides is 1. The van der Waals surface area contributed by atoms with Crippen molar-refractivity contribution >= 4 is 11.7 Å². The molecule has 1 N–H and O–H groups in total. The molecular formula is C14H14FN3O3. The van der Waals surface area contributed by atoms with Gasteiger partial charge >= 0.3 is 6.01 Å². The zero-order valence-corrected chi connectivity index (χ0v) is 11.6. The van der Waals surface area contributed by atoms with Gasteiger partial charge in [-0.15, -0.1) is 0 Å². The van der Waals surface area contributed by atoms with Crippen LogP contribution in [0.4, 0.5) is 10.2 Å². The Kier molecular flexibility index (Phi) is 4.65. The number of methoxy groups -OCH3 is 1. The van der Waals surface area contributed by atoms with E-state index >= 15 is 0 Å². The second-order valence-electron chi connectivity index (χ2n) is 4.17. The van der Waals surface area contributed by atoms with Crippen molar-refractivity contribution < 1.29 is 18.7 Å². The number of ether oxygens (including phenoxy) is 2. The van der Waals surface area contributed by atoms with Crippen molar-refractivity contribution in [3.05, 3.63) is 41.8 Å². The molecule has 0 spiro atoms. The molecule has 0 aliphatic rings. The van der Waals surface area contributed by atoms with Crippen LogP contribution in [0.15, 0.2) is 30.5 Å². The number of nitrogens with one attached hydrogen (secondary N) is 1. The Morgan fingerprint density at radius 2 is 2.24 bits per heavy atom. The summed E-state index contributed by atoms with van der Waals surface area (Å²) in [6.45, 7) is 1.46. The van der Waals surface area contributed by atoms with Crippen LogP contribution in [0.5, 0.6) is 11.8 Å². The van der Waals surface area contributed by atoms with Gasteiger partial charge in [0.05, 0.1) is 13.3 Å². The summed E-state index contributed by atoms with van der Waals surface area (Å²) in [7, 11) is 1.57. The van der Waals surface area contributed by atoms with Gasteiger partial charge in [-0.25, -0.2) is 9.37 Å². The summed E-state index contributed by atoms with van der Waals surface area (Å²) in [6, 6.07) is 7.26. The number of carbonyl (C=O) groups excluding carboxylic acids is 1. The Morgan fingerprint density at radius 3 is 2.95 bits per heavy atom. The van der Waals surface area contributed by atoms with Crippen molar-refractivity contribution in [2.24, 2.45) is 0 Å². The highest BCUT2D eigenvalue weighted by Crippen LogP contribution is 2.16. The highest BCUT2D eigenvalue weighted by molar-refractivity contribution is 5.87. The lowest BCUT2D eigenvalue weighted by Crippen LogP contribution is -2.11. The van der Waals surface area contributed by atoms with E-state index in [-0.39, 0.29) is 18.4 Å². The molecule has 2 rings (SSSR count). The van der Waals surface area contributed by atoms with Gasteiger partial charge in [-0.2, -0.15) is 4.98 Å². The van der Waals surface area contributed by atoms with Gasteiger partial charge in [0.15, 0.2) is 11.6 Å². The van der Waals surface area contributed by atoms with Crippen LogP contribution in [-0.4, -0.2) is 23.0 Å². The standard InChI is InChI=1S/C14H14FN3O3/c1-9(19)17-13-12(15)7-16-14(18-13)21-8-10-4-3-5-11(6-10)20-2/h3-7H,8H2,1-2H3,(H,16,17,18,19). The number of hydrogen-bond acceptors (Lipinski definition) is 5. The number of carbonyl (C=O) groups is 1. The summed E-state index contributed by atoms with van der Waals surface area (Å²) in [5, 5.41) is 2.26. The molecule has 2 aromatic rings. The number of rotatable bonds is 5. The van der Waals surface area contributed by atoms with Crippen molar-refractivity contribution in [3.63, 3.8) is 0 Å². The Labute approximate surface area is 120 Å². The minimum atomic E-state index is -0.723. The highest BCUT2D eigenvalue weighted by atomic mass is 19.1. The molecule has 1 aromatic carbocycles. The van der Waals surface area contributed by atoms with Gasteiger partial charge < -0.3 is 14.8 Å². The van der Waals surface area contributed by atoms with Crippen LogP contribution < -0.4 is 14.8 Å². The quantitative estimate of drug-likeness (QED) is 0.913. The van der Waals surface area contributed by atoms with Gasteiger partial charge in [0.1, 0.15) is 12.4 Å². The van der Waals surface area contributed by atoms with Crippen LogP contribution in [0.3, 0.4) is 0 Å². The third-order valence-electron chi connectivity index (χ3n) is 2.52. The molecule has 0 atom stereocenters. The van der Waals surface area contributed by atoms with Crippen LogP contribution >= 0.6 is 0 Å². The van der Waals surface area contributed by atoms with Crippen molar-refractivity contribution in [3.8, 4) is 11.8 Å². The molecule has 0 radical (unpaired) electrons. The molecule has 0 unspecified atom stereocenters. The maximum atomic E-state index is 13.4. The second kappa shape index (κ2) is 6.65. The van der Waals surface area contributed by atoms with E-state index in [1.807, 2.05) is 18.2 Å². The van der Waals surface area contributed by atoms with Crippen LogP contribution in [-0.2, 0) is 11.4 Å². The number of halogens is 1. The Morgan fingerprint density at radius 1 is 1.43 bits per heavy atom. The van der Waals surface area contributed by atoms with Crippen LogP contribution in [0.2, 0.25) is 0 Å². The van der Waals surface area contributed by atoms with Gasteiger partial charge in [-0.05, 0) is 17.7 Å². The summed E-state index contributed by atoms with van der Waals surface area (Å²) in [5.74, 6) is -0.654. The lowest BCUT2D eigenvalue weighted by atomic mass is 10.2. The molecule has 0 saturated carbocycles. The lowest BCUT2D eigenvalue weighted by molar-refractivity contribution is -0.114. The summed E-state index contributed by atoms with van der Waals surface area (Å²) in [6.07, 6.45) is 0.944. The summed E-state index contributed by atoms with van der Waals surface area (Å²) < 4.78 is 23.9. The van der Waals surface area contributed by atoms with Gasteiger partial charge in [-0.3, -0.25) is 4.79 Å². The van der Waals surface area contributed by atoms with Gasteiger partial charge in [0, 0.05) is 6.92 Å². The number of benzene rings is 1. The smallest absolute Gasteiger partial charge is 0.318 e. The minimum absolute atomic E-state index is 0.0250. The topological polar surface area (TPSA) is 73.3 Å². The number of aromatic nitrogens is 2.